The lowest BCUT2D eigenvalue weighted by molar-refractivity contribution is 0.239. The second-order valence-corrected chi connectivity index (χ2v) is 13.3. The van der Waals surface area contributed by atoms with E-state index in [4.69, 9.17) is 18.9 Å². The summed E-state index contributed by atoms with van der Waals surface area (Å²) < 4.78 is 22.4. The van der Waals surface area contributed by atoms with Gasteiger partial charge in [-0.25, -0.2) is 0 Å². The molecule has 1 saturated carbocycles. The first-order chi connectivity index (χ1) is 18.0. The van der Waals surface area contributed by atoms with Crippen molar-refractivity contribution in [3.8, 4) is 23.0 Å². The van der Waals surface area contributed by atoms with Crippen molar-refractivity contribution in [3.05, 3.63) is 47.5 Å². The minimum atomic E-state index is 0. The van der Waals surface area contributed by atoms with Gasteiger partial charge in [0.05, 0.1) is 32.5 Å². The summed E-state index contributed by atoms with van der Waals surface area (Å²) in [5.41, 5.74) is 2.92. The summed E-state index contributed by atoms with van der Waals surface area (Å²) in [7, 11) is 9.15. The van der Waals surface area contributed by atoms with Gasteiger partial charge in [0.25, 0.3) is 0 Å². The summed E-state index contributed by atoms with van der Waals surface area (Å²) in [6.45, 7) is 2.16. The highest BCUT2D eigenvalue weighted by Gasteiger charge is 2.38. The quantitative estimate of drug-likeness (QED) is 0.259. The number of rotatable bonds is 12. The third kappa shape index (κ3) is 6.83. The normalized spacial score (nSPS) is 18.1. The van der Waals surface area contributed by atoms with E-state index in [9.17, 15) is 0 Å². The van der Waals surface area contributed by atoms with Gasteiger partial charge in [0, 0.05) is 12.0 Å². The van der Waals surface area contributed by atoms with Gasteiger partial charge in [0.2, 0.25) is 0 Å². The van der Waals surface area contributed by atoms with Gasteiger partial charge in [-0.2, -0.15) is 0 Å². The molecule has 1 aliphatic carbocycles. The standard InChI is InChI=1S/C30H43NO4S2.ClH/c1-31(22-29(14-6-7-15-29)23-10-12-25(32-2)27(20-23)34-4)17-8-16-30(36-18-9-19-37-30)24-11-13-26(33-3)28(21-24)35-5;/h10-13,20-21H,6-9,14-19,22H2,1-5H3;1H. The zero-order valence-corrected chi connectivity index (χ0v) is 26.0. The highest BCUT2D eigenvalue weighted by atomic mass is 35.5. The van der Waals surface area contributed by atoms with Gasteiger partial charge in [-0.3, -0.25) is 0 Å². The fraction of sp³-hybridized carbons (Fsp3) is 0.600. The highest BCUT2D eigenvalue weighted by Crippen LogP contribution is 2.54. The SMILES string of the molecule is COc1ccc(C2(CN(C)CCCC3(c4ccc(OC)c(OC)c4)SCCCS3)CCCC2)cc1OC.Cl. The van der Waals surface area contributed by atoms with Crippen molar-refractivity contribution >= 4 is 35.9 Å². The van der Waals surface area contributed by atoms with E-state index in [1.54, 1.807) is 28.4 Å². The van der Waals surface area contributed by atoms with E-state index >= 15 is 0 Å². The van der Waals surface area contributed by atoms with Crippen LogP contribution in [0, 0.1) is 0 Å². The van der Waals surface area contributed by atoms with Crippen LogP contribution in [0.1, 0.15) is 56.1 Å². The van der Waals surface area contributed by atoms with E-state index in [-0.39, 0.29) is 21.9 Å². The predicted molar refractivity (Wildman–Crippen MR) is 164 cm³/mol. The average molecular weight is 582 g/mol. The van der Waals surface area contributed by atoms with Crippen molar-refractivity contribution < 1.29 is 18.9 Å². The van der Waals surface area contributed by atoms with Crippen LogP contribution in [0.2, 0.25) is 0 Å². The maximum atomic E-state index is 5.65. The summed E-state index contributed by atoms with van der Waals surface area (Å²) in [4.78, 5) is 2.56. The van der Waals surface area contributed by atoms with Crippen LogP contribution < -0.4 is 18.9 Å². The summed E-state index contributed by atoms with van der Waals surface area (Å²) in [5.74, 6) is 5.66. The zero-order valence-electron chi connectivity index (χ0n) is 23.5. The molecule has 4 rings (SSSR count). The Morgan fingerprint density at radius 2 is 1.26 bits per heavy atom. The fourth-order valence-corrected chi connectivity index (χ4v) is 9.45. The van der Waals surface area contributed by atoms with Crippen molar-refractivity contribution in [2.24, 2.45) is 0 Å². The summed E-state index contributed by atoms with van der Waals surface area (Å²) in [5, 5.41) is 0. The van der Waals surface area contributed by atoms with Crippen molar-refractivity contribution in [2.45, 2.75) is 54.4 Å². The zero-order chi connectivity index (χ0) is 26.3. The van der Waals surface area contributed by atoms with E-state index in [1.807, 2.05) is 0 Å². The molecule has 1 saturated heterocycles. The van der Waals surface area contributed by atoms with Gasteiger partial charge in [-0.15, -0.1) is 35.9 Å². The Hall–Kier alpha value is -1.41. The molecule has 2 aromatic carbocycles. The van der Waals surface area contributed by atoms with E-state index < -0.39 is 0 Å². The molecule has 0 amide bonds. The first-order valence-electron chi connectivity index (χ1n) is 13.4. The lowest BCUT2D eigenvalue weighted by Crippen LogP contribution is -2.38. The topological polar surface area (TPSA) is 40.2 Å². The number of halogens is 1. The average Bonchev–Trinajstić information content (AvgIpc) is 3.42. The number of nitrogens with zero attached hydrogens (tertiary/aromatic N) is 1. The van der Waals surface area contributed by atoms with Crippen LogP contribution in [0.4, 0.5) is 0 Å². The second kappa shape index (κ2) is 14.3. The van der Waals surface area contributed by atoms with Crippen LogP contribution in [0.15, 0.2) is 36.4 Å². The number of hydrogen-bond donors (Lipinski definition) is 0. The monoisotopic (exact) mass is 581 g/mol. The molecular weight excluding hydrogens is 538 g/mol. The minimum Gasteiger partial charge on any atom is -0.493 e. The van der Waals surface area contributed by atoms with Crippen LogP contribution in [-0.2, 0) is 9.49 Å². The third-order valence-corrected chi connectivity index (χ3v) is 11.5. The lowest BCUT2D eigenvalue weighted by atomic mass is 9.78. The Balaban J connectivity index is 0.00000400. The van der Waals surface area contributed by atoms with E-state index in [1.165, 1.54) is 54.7 Å². The largest absolute Gasteiger partial charge is 0.493 e. The molecule has 212 valence electrons. The molecule has 0 aromatic heterocycles. The van der Waals surface area contributed by atoms with Crippen molar-refractivity contribution in [3.63, 3.8) is 0 Å². The van der Waals surface area contributed by atoms with Crippen molar-refractivity contribution in [2.75, 3.05) is 60.1 Å². The molecule has 0 bridgehead atoms. The van der Waals surface area contributed by atoms with Gasteiger partial charge >= 0.3 is 0 Å². The first kappa shape index (κ1) is 31.1. The Morgan fingerprint density at radius 3 is 1.82 bits per heavy atom. The summed E-state index contributed by atoms with van der Waals surface area (Å²) in [6, 6.07) is 13.0. The second-order valence-electron chi connectivity index (χ2n) is 10.3. The summed E-state index contributed by atoms with van der Waals surface area (Å²) in [6.07, 6.45) is 8.62. The van der Waals surface area contributed by atoms with Gasteiger partial charge in [-0.1, -0.05) is 25.0 Å². The van der Waals surface area contributed by atoms with Crippen LogP contribution >= 0.6 is 35.9 Å². The molecule has 2 aliphatic rings. The van der Waals surface area contributed by atoms with Crippen molar-refractivity contribution in [1.29, 1.82) is 0 Å². The molecule has 2 fully saturated rings. The molecule has 5 nitrogen and oxygen atoms in total. The number of thioether (sulfide) groups is 2. The molecule has 2 aromatic rings. The minimum absolute atomic E-state index is 0. The van der Waals surface area contributed by atoms with Gasteiger partial charge in [0.1, 0.15) is 0 Å². The lowest BCUT2D eigenvalue weighted by Gasteiger charge is -2.38. The molecule has 0 atom stereocenters. The van der Waals surface area contributed by atoms with Crippen LogP contribution in [0.3, 0.4) is 0 Å². The predicted octanol–water partition coefficient (Wildman–Crippen LogP) is 7.39. The molecule has 1 heterocycles. The maximum Gasteiger partial charge on any atom is 0.161 e. The Bertz CT molecular complexity index is 1030. The highest BCUT2D eigenvalue weighted by molar-refractivity contribution is 8.18. The number of benzene rings is 2. The Labute approximate surface area is 244 Å². The smallest absolute Gasteiger partial charge is 0.161 e. The molecular formula is C30H44ClNO4S2. The molecule has 0 N–H and O–H groups in total. The Kier molecular flexibility index (Phi) is 11.7. The summed E-state index contributed by atoms with van der Waals surface area (Å²) >= 11 is 4.21. The number of methoxy groups -OCH3 is 4. The number of ether oxygens (including phenoxy) is 4. The fourth-order valence-electron chi connectivity index (χ4n) is 6.04. The number of likely N-dealkylation sites (N-methyl/N-ethyl adjacent to an activating group) is 1. The van der Waals surface area contributed by atoms with E-state index in [2.05, 4.69) is 71.9 Å². The number of hydrogen-bond acceptors (Lipinski definition) is 7. The van der Waals surface area contributed by atoms with Crippen LogP contribution in [0.5, 0.6) is 23.0 Å². The maximum absolute atomic E-state index is 5.65. The van der Waals surface area contributed by atoms with Gasteiger partial charge in [-0.05, 0) is 92.6 Å². The first-order valence-corrected chi connectivity index (χ1v) is 15.4. The van der Waals surface area contributed by atoms with Crippen LogP contribution in [-0.4, -0.2) is 65.0 Å². The van der Waals surface area contributed by atoms with Gasteiger partial charge in [0.15, 0.2) is 23.0 Å². The van der Waals surface area contributed by atoms with Gasteiger partial charge < -0.3 is 23.8 Å². The van der Waals surface area contributed by atoms with E-state index in [0.717, 1.165) is 48.9 Å². The van der Waals surface area contributed by atoms with Crippen LogP contribution in [0.25, 0.3) is 0 Å². The molecule has 0 unspecified atom stereocenters. The van der Waals surface area contributed by atoms with Crippen molar-refractivity contribution in [1.82, 2.24) is 4.90 Å². The third-order valence-electron chi connectivity index (χ3n) is 7.96. The molecule has 0 spiro atoms. The molecule has 8 heteroatoms. The molecule has 38 heavy (non-hydrogen) atoms. The molecule has 0 radical (unpaired) electrons. The molecule has 1 aliphatic heterocycles. The van der Waals surface area contributed by atoms with E-state index in [0.29, 0.717) is 0 Å². The Morgan fingerprint density at radius 1 is 0.737 bits per heavy atom.